The Kier molecular flexibility index (Phi) is 4.82. The fourth-order valence-electron chi connectivity index (χ4n) is 3.24. The number of carbonyl (C=O) groups excluding carboxylic acids is 1. The van der Waals surface area contributed by atoms with Gasteiger partial charge in [-0.05, 0) is 37.5 Å². The first kappa shape index (κ1) is 17.5. The first-order valence-electron chi connectivity index (χ1n) is 8.72. The Bertz CT molecular complexity index is 737. The molecule has 0 spiro atoms. The molecule has 0 aliphatic carbocycles. The van der Waals surface area contributed by atoms with Gasteiger partial charge in [-0.2, -0.15) is 0 Å². The Hall–Kier alpha value is -2.33. The van der Waals surface area contributed by atoms with Gasteiger partial charge in [0.05, 0.1) is 0 Å². The smallest absolute Gasteiger partial charge is 0.410 e. The summed E-state index contributed by atoms with van der Waals surface area (Å²) < 4.78 is 5.48. The number of benzene rings is 2. The van der Waals surface area contributed by atoms with Crippen LogP contribution in [0.25, 0.3) is 11.1 Å². The lowest BCUT2D eigenvalue weighted by Gasteiger charge is -2.24. The number of nitrogens with two attached hydrogens (primary N) is 1. The van der Waals surface area contributed by atoms with Gasteiger partial charge in [-0.25, -0.2) is 4.79 Å². The van der Waals surface area contributed by atoms with Gasteiger partial charge in [-0.3, -0.25) is 0 Å². The Morgan fingerprint density at radius 2 is 1.72 bits per heavy atom. The number of amides is 1. The Balaban J connectivity index is 1.77. The van der Waals surface area contributed by atoms with Crippen LogP contribution in [0.15, 0.2) is 54.6 Å². The second-order valence-corrected chi connectivity index (χ2v) is 7.65. The zero-order chi connectivity index (χ0) is 18.0. The van der Waals surface area contributed by atoms with E-state index in [1.165, 1.54) is 16.7 Å². The van der Waals surface area contributed by atoms with Crippen LogP contribution in [0.5, 0.6) is 0 Å². The normalized spacial score (nSPS) is 20.6. The van der Waals surface area contributed by atoms with E-state index in [2.05, 4.69) is 36.4 Å². The number of rotatable bonds is 2. The predicted octanol–water partition coefficient (Wildman–Crippen LogP) is 4.02. The molecule has 1 aliphatic rings. The first-order chi connectivity index (χ1) is 11.8. The van der Waals surface area contributed by atoms with Crippen molar-refractivity contribution in [3.05, 3.63) is 60.2 Å². The van der Waals surface area contributed by atoms with Gasteiger partial charge in [0.1, 0.15) is 5.60 Å². The molecule has 0 saturated carbocycles. The third-order valence-electron chi connectivity index (χ3n) is 4.44. The SMILES string of the molecule is CC(C)(C)OC(=O)N1CC(N)[C@H](c2cccc(-c3ccccc3)c2)C1. The molecule has 1 heterocycles. The highest BCUT2D eigenvalue weighted by molar-refractivity contribution is 5.69. The second kappa shape index (κ2) is 6.89. The minimum atomic E-state index is -0.494. The zero-order valence-electron chi connectivity index (χ0n) is 15.1. The number of ether oxygens (including phenoxy) is 1. The molecule has 2 atom stereocenters. The molecule has 2 N–H and O–H groups in total. The van der Waals surface area contributed by atoms with Crippen molar-refractivity contribution in [2.45, 2.75) is 38.3 Å². The van der Waals surface area contributed by atoms with Crippen molar-refractivity contribution in [3.63, 3.8) is 0 Å². The van der Waals surface area contributed by atoms with Crippen LogP contribution < -0.4 is 5.73 Å². The Morgan fingerprint density at radius 3 is 2.40 bits per heavy atom. The van der Waals surface area contributed by atoms with Crippen molar-refractivity contribution in [2.75, 3.05) is 13.1 Å². The quantitative estimate of drug-likeness (QED) is 0.900. The fraction of sp³-hybridized carbons (Fsp3) is 0.381. The molecular weight excluding hydrogens is 312 g/mol. The van der Waals surface area contributed by atoms with Crippen molar-refractivity contribution >= 4 is 6.09 Å². The van der Waals surface area contributed by atoms with E-state index in [0.29, 0.717) is 13.1 Å². The number of hydrogen-bond acceptors (Lipinski definition) is 3. The van der Waals surface area contributed by atoms with Gasteiger partial charge in [0.2, 0.25) is 0 Å². The van der Waals surface area contributed by atoms with E-state index in [-0.39, 0.29) is 18.1 Å². The maximum Gasteiger partial charge on any atom is 0.410 e. The van der Waals surface area contributed by atoms with Gasteiger partial charge >= 0.3 is 6.09 Å². The van der Waals surface area contributed by atoms with Crippen LogP contribution in [0.4, 0.5) is 4.79 Å². The summed E-state index contributed by atoms with van der Waals surface area (Å²) in [5.74, 6) is 0.121. The van der Waals surface area contributed by atoms with Crippen LogP contribution in [0, 0.1) is 0 Å². The monoisotopic (exact) mass is 338 g/mol. The predicted molar refractivity (Wildman–Crippen MR) is 100 cm³/mol. The lowest BCUT2D eigenvalue weighted by molar-refractivity contribution is 0.0290. The van der Waals surface area contributed by atoms with E-state index in [4.69, 9.17) is 10.5 Å². The molecule has 1 saturated heterocycles. The van der Waals surface area contributed by atoms with Gasteiger partial charge in [0, 0.05) is 25.0 Å². The van der Waals surface area contributed by atoms with E-state index in [9.17, 15) is 4.79 Å². The number of carbonyl (C=O) groups is 1. The summed E-state index contributed by atoms with van der Waals surface area (Å²) in [5, 5.41) is 0. The highest BCUT2D eigenvalue weighted by Crippen LogP contribution is 2.30. The third kappa shape index (κ3) is 4.20. The maximum atomic E-state index is 12.3. The van der Waals surface area contributed by atoms with Crippen molar-refractivity contribution in [1.29, 1.82) is 0 Å². The molecule has 0 radical (unpaired) electrons. The standard InChI is InChI=1S/C21H26N2O2/c1-21(2,3)25-20(24)23-13-18(19(22)14-23)17-11-7-10-16(12-17)15-8-5-4-6-9-15/h4-12,18-19H,13-14,22H2,1-3H3/t18-,19?/m0/s1. The highest BCUT2D eigenvalue weighted by atomic mass is 16.6. The van der Waals surface area contributed by atoms with Crippen molar-refractivity contribution in [1.82, 2.24) is 4.90 Å². The summed E-state index contributed by atoms with van der Waals surface area (Å²) in [6, 6.07) is 18.6. The van der Waals surface area contributed by atoms with Crippen LogP contribution >= 0.6 is 0 Å². The molecule has 4 nitrogen and oxygen atoms in total. The molecule has 4 heteroatoms. The minimum absolute atomic E-state index is 0.0847. The van der Waals surface area contributed by atoms with Crippen LogP contribution in [0.2, 0.25) is 0 Å². The maximum absolute atomic E-state index is 12.3. The molecular formula is C21H26N2O2. The number of hydrogen-bond donors (Lipinski definition) is 1. The molecule has 0 aromatic heterocycles. The van der Waals surface area contributed by atoms with Gasteiger partial charge in [-0.1, -0.05) is 54.6 Å². The van der Waals surface area contributed by atoms with E-state index in [1.807, 2.05) is 39.0 Å². The second-order valence-electron chi connectivity index (χ2n) is 7.65. The van der Waals surface area contributed by atoms with Crippen molar-refractivity contribution in [3.8, 4) is 11.1 Å². The summed E-state index contributed by atoms with van der Waals surface area (Å²) in [7, 11) is 0. The van der Waals surface area contributed by atoms with Gasteiger partial charge in [-0.15, -0.1) is 0 Å². The molecule has 2 aromatic carbocycles. The summed E-state index contributed by atoms with van der Waals surface area (Å²) in [4.78, 5) is 14.0. The number of nitrogens with zero attached hydrogens (tertiary/aromatic N) is 1. The summed E-state index contributed by atoms with van der Waals surface area (Å²) in [6.07, 6.45) is -0.287. The van der Waals surface area contributed by atoms with Gasteiger partial charge in [0.15, 0.2) is 0 Å². The number of likely N-dealkylation sites (tertiary alicyclic amines) is 1. The summed E-state index contributed by atoms with van der Waals surface area (Å²) in [5.41, 5.74) is 9.36. The van der Waals surface area contributed by atoms with Crippen LogP contribution in [0.3, 0.4) is 0 Å². The average Bonchev–Trinajstić information content (AvgIpc) is 2.96. The molecule has 1 aliphatic heterocycles. The minimum Gasteiger partial charge on any atom is -0.444 e. The largest absolute Gasteiger partial charge is 0.444 e. The molecule has 1 fully saturated rings. The lowest BCUT2D eigenvalue weighted by atomic mass is 9.92. The van der Waals surface area contributed by atoms with E-state index in [1.54, 1.807) is 4.90 Å². The molecule has 132 valence electrons. The molecule has 0 bridgehead atoms. The molecule has 25 heavy (non-hydrogen) atoms. The summed E-state index contributed by atoms with van der Waals surface area (Å²) in [6.45, 7) is 6.74. The van der Waals surface area contributed by atoms with E-state index < -0.39 is 5.60 Å². The van der Waals surface area contributed by atoms with Crippen LogP contribution in [-0.4, -0.2) is 35.7 Å². The molecule has 3 rings (SSSR count). The molecule has 1 amide bonds. The molecule has 2 aromatic rings. The van der Waals surface area contributed by atoms with Gasteiger partial charge in [0.25, 0.3) is 0 Å². The van der Waals surface area contributed by atoms with Crippen molar-refractivity contribution in [2.24, 2.45) is 5.73 Å². The van der Waals surface area contributed by atoms with Gasteiger partial charge < -0.3 is 15.4 Å². The first-order valence-corrected chi connectivity index (χ1v) is 8.72. The fourth-order valence-corrected chi connectivity index (χ4v) is 3.24. The van der Waals surface area contributed by atoms with Crippen LogP contribution in [0.1, 0.15) is 32.3 Å². The highest BCUT2D eigenvalue weighted by Gasteiger charge is 2.36. The van der Waals surface area contributed by atoms with Crippen molar-refractivity contribution < 1.29 is 9.53 Å². The Morgan fingerprint density at radius 1 is 1.04 bits per heavy atom. The zero-order valence-corrected chi connectivity index (χ0v) is 15.1. The van der Waals surface area contributed by atoms with E-state index >= 15 is 0 Å². The Labute approximate surface area is 149 Å². The third-order valence-corrected chi connectivity index (χ3v) is 4.44. The lowest BCUT2D eigenvalue weighted by Crippen LogP contribution is -2.36. The molecule has 1 unspecified atom stereocenters. The average molecular weight is 338 g/mol. The topological polar surface area (TPSA) is 55.6 Å². The van der Waals surface area contributed by atoms with E-state index in [0.717, 1.165) is 0 Å². The van der Waals surface area contributed by atoms with Crippen LogP contribution in [-0.2, 0) is 4.74 Å². The summed E-state index contributed by atoms with van der Waals surface area (Å²) >= 11 is 0.